The second-order valence-corrected chi connectivity index (χ2v) is 7.49. The number of carbonyl (C=O) groups excluding carboxylic acids is 2. The Morgan fingerprint density at radius 2 is 2.04 bits per heavy atom. The van der Waals surface area contributed by atoms with E-state index in [1.165, 1.54) is 0 Å². The molecule has 0 saturated carbocycles. The molecule has 0 radical (unpaired) electrons. The van der Waals surface area contributed by atoms with Gasteiger partial charge in [-0.3, -0.25) is 9.78 Å². The first-order valence-electron chi connectivity index (χ1n) is 8.82. The highest BCUT2D eigenvalue weighted by Gasteiger charge is 2.31. The number of hydrogen-bond donors (Lipinski definition) is 1. The largest absolute Gasteiger partial charge is 0.444 e. The van der Waals surface area contributed by atoms with Gasteiger partial charge in [-0.05, 0) is 57.9 Å². The van der Waals surface area contributed by atoms with Gasteiger partial charge in [0, 0.05) is 19.3 Å². The minimum atomic E-state index is -0.546. The van der Waals surface area contributed by atoms with Crippen molar-refractivity contribution in [3.63, 3.8) is 0 Å². The molecule has 1 N–H and O–H groups in total. The molecular weight excluding hydrogens is 332 g/mol. The molecule has 7 heteroatoms. The summed E-state index contributed by atoms with van der Waals surface area (Å²) in [5, 5.41) is 2.85. The van der Waals surface area contributed by atoms with Gasteiger partial charge in [0.15, 0.2) is 0 Å². The van der Waals surface area contributed by atoms with Crippen molar-refractivity contribution >= 4 is 28.9 Å². The molecular formula is C19H24N4O3. The summed E-state index contributed by atoms with van der Waals surface area (Å²) in [6.07, 6.45) is 2.84. The SMILES string of the molecule is CC(C)(C)OC(=O)N1CCCC(C(=O)Nc2ccc3ncccc3n2)C1. The number of aromatic nitrogens is 2. The fraction of sp³-hybridized carbons (Fsp3) is 0.474. The average molecular weight is 356 g/mol. The number of amides is 2. The lowest BCUT2D eigenvalue weighted by atomic mass is 9.97. The highest BCUT2D eigenvalue weighted by Crippen LogP contribution is 2.21. The van der Waals surface area contributed by atoms with E-state index in [-0.39, 0.29) is 17.9 Å². The van der Waals surface area contributed by atoms with Crippen molar-refractivity contribution in [3.05, 3.63) is 30.5 Å². The third-order valence-corrected chi connectivity index (χ3v) is 4.15. The van der Waals surface area contributed by atoms with Gasteiger partial charge >= 0.3 is 6.09 Å². The zero-order chi connectivity index (χ0) is 18.7. The quantitative estimate of drug-likeness (QED) is 0.893. The summed E-state index contributed by atoms with van der Waals surface area (Å²) in [6, 6.07) is 7.22. The molecule has 0 bridgehead atoms. The molecule has 1 unspecified atom stereocenters. The van der Waals surface area contributed by atoms with Crippen molar-refractivity contribution in [1.82, 2.24) is 14.9 Å². The summed E-state index contributed by atoms with van der Waals surface area (Å²) in [5.74, 6) is 0.0848. The average Bonchev–Trinajstić information content (AvgIpc) is 2.60. The van der Waals surface area contributed by atoms with Crippen molar-refractivity contribution in [2.24, 2.45) is 5.92 Å². The molecule has 0 aliphatic carbocycles. The Bertz CT molecular complexity index is 816. The molecule has 0 spiro atoms. The molecule has 2 aromatic heterocycles. The number of fused-ring (bicyclic) bond motifs is 1. The van der Waals surface area contributed by atoms with Gasteiger partial charge in [-0.15, -0.1) is 0 Å². The minimum absolute atomic E-state index is 0.131. The van der Waals surface area contributed by atoms with E-state index in [0.29, 0.717) is 18.9 Å². The van der Waals surface area contributed by atoms with Crippen LogP contribution in [0.1, 0.15) is 33.6 Å². The van der Waals surface area contributed by atoms with Gasteiger partial charge < -0.3 is 15.0 Å². The van der Waals surface area contributed by atoms with Crippen molar-refractivity contribution in [2.75, 3.05) is 18.4 Å². The first-order valence-corrected chi connectivity index (χ1v) is 8.82. The molecule has 2 aromatic rings. The summed E-state index contributed by atoms with van der Waals surface area (Å²) in [6.45, 7) is 6.46. The topological polar surface area (TPSA) is 84.4 Å². The second kappa shape index (κ2) is 7.27. The van der Waals surface area contributed by atoms with Crippen LogP contribution in [0.15, 0.2) is 30.5 Å². The molecule has 1 atom stereocenters. The number of pyridine rings is 2. The molecule has 138 valence electrons. The Morgan fingerprint density at radius 3 is 2.81 bits per heavy atom. The first-order chi connectivity index (χ1) is 12.3. The van der Waals surface area contributed by atoms with Crippen molar-refractivity contribution in [1.29, 1.82) is 0 Å². The lowest BCUT2D eigenvalue weighted by molar-refractivity contribution is -0.121. The Kier molecular flexibility index (Phi) is 5.06. The van der Waals surface area contributed by atoms with Gasteiger partial charge in [0.2, 0.25) is 5.91 Å². The van der Waals surface area contributed by atoms with Gasteiger partial charge in [-0.25, -0.2) is 9.78 Å². The van der Waals surface area contributed by atoms with E-state index in [9.17, 15) is 9.59 Å². The molecule has 1 fully saturated rings. The lowest BCUT2D eigenvalue weighted by Crippen LogP contribution is -2.45. The van der Waals surface area contributed by atoms with E-state index in [1.54, 1.807) is 23.2 Å². The van der Waals surface area contributed by atoms with Gasteiger partial charge in [0.25, 0.3) is 0 Å². The predicted molar refractivity (Wildman–Crippen MR) is 98.7 cm³/mol. The van der Waals surface area contributed by atoms with Crippen LogP contribution in [-0.4, -0.2) is 45.6 Å². The number of anilines is 1. The number of nitrogens with zero attached hydrogens (tertiary/aromatic N) is 3. The van der Waals surface area contributed by atoms with Crippen LogP contribution in [0.5, 0.6) is 0 Å². The van der Waals surface area contributed by atoms with Crippen LogP contribution in [0.25, 0.3) is 11.0 Å². The third-order valence-electron chi connectivity index (χ3n) is 4.15. The zero-order valence-corrected chi connectivity index (χ0v) is 15.4. The monoisotopic (exact) mass is 356 g/mol. The maximum Gasteiger partial charge on any atom is 0.410 e. The molecule has 1 aliphatic heterocycles. The van der Waals surface area contributed by atoms with Crippen LogP contribution in [0, 0.1) is 5.92 Å². The molecule has 26 heavy (non-hydrogen) atoms. The van der Waals surface area contributed by atoms with Crippen LogP contribution in [0.2, 0.25) is 0 Å². The van der Waals surface area contributed by atoms with E-state index in [4.69, 9.17) is 4.74 Å². The maximum atomic E-state index is 12.6. The summed E-state index contributed by atoms with van der Waals surface area (Å²) < 4.78 is 5.41. The van der Waals surface area contributed by atoms with Crippen LogP contribution in [0.4, 0.5) is 10.6 Å². The lowest BCUT2D eigenvalue weighted by Gasteiger charge is -2.33. The summed E-state index contributed by atoms with van der Waals surface area (Å²) in [7, 11) is 0. The predicted octanol–water partition coefficient (Wildman–Crippen LogP) is 3.22. The number of nitrogens with one attached hydrogen (secondary N) is 1. The number of rotatable bonds is 2. The molecule has 0 aromatic carbocycles. The first kappa shape index (κ1) is 18.1. The van der Waals surface area contributed by atoms with Gasteiger partial charge in [0.05, 0.1) is 17.0 Å². The number of carbonyl (C=O) groups is 2. The van der Waals surface area contributed by atoms with E-state index in [1.807, 2.05) is 32.9 Å². The number of hydrogen-bond acceptors (Lipinski definition) is 5. The maximum absolute atomic E-state index is 12.6. The van der Waals surface area contributed by atoms with Crippen LogP contribution < -0.4 is 5.32 Å². The van der Waals surface area contributed by atoms with Crippen LogP contribution in [-0.2, 0) is 9.53 Å². The summed E-state index contributed by atoms with van der Waals surface area (Å²) in [4.78, 5) is 35.1. The van der Waals surface area contributed by atoms with Gasteiger partial charge in [-0.2, -0.15) is 0 Å². The fourth-order valence-corrected chi connectivity index (χ4v) is 2.94. The molecule has 2 amide bonds. The molecule has 1 aliphatic rings. The van der Waals surface area contributed by atoms with Gasteiger partial charge in [-0.1, -0.05) is 0 Å². The Hall–Kier alpha value is -2.70. The second-order valence-electron chi connectivity index (χ2n) is 7.49. The molecule has 7 nitrogen and oxygen atoms in total. The minimum Gasteiger partial charge on any atom is -0.444 e. The Morgan fingerprint density at radius 1 is 1.23 bits per heavy atom. The Balaban J connectivity index is 1.64. The fourth-order valence-electron chi connectivity index (χ4n) is 2.94. The number of ether oxygens (including phenoxy) is 1. The molecule has 3 heterocycles. The number of likely N-dealkylation sites (tertiary alicyclic amines) is 1. The Labute approximate surface area is 152 Å². The van der Waals surface area contributed by atoms with Crippen molar-refractivity contribution < 1.29 is 14.3 Å². The van der Waals surface area contributed by atoms with Crippen LogP contribution >= 0.6 is 0 Å². The highest BCUT2D eigenvalue weighted by atomic mass is 16.6. The normalized spacial score (nSPS) is 17.8. The number of piperidine rings is 1. The van der Waals surface area contributed by atoms with Gasteiger partial charge in [0.1, 0.15) is 11.4 Å². The summed E-state index contributed by atoms with van der Waals surface area (Å²) in [5.41, 5.74) is 0.957. The molecule has 3 rings (SSSR count). The van der Waals surface area contributed by atoms with Crippen LogP contribution in [0.3, 0.4) is 0 Å². The van der Waals surface area contributed by atoms with Crippen molar-refractivity contribution in [3.8, 4) is 0 Å². The van der Waals surface area contributed by atoms with E-state index in [2.05, 4.69) is 15.3 Å². The zero-order valence-electron chi connectivity index (χ0n) is 15.4. The smallest absolute Gasteiger partial charge is 0.410 e. The highest BCUT2D eigenvalue weighted by molar-refractivity contribution is 5.93. The standard InChI is InChI=1S/C19H24N4O3/c1-19(2,3)26-18(25)23-11-5-6-13(12-23)17(24)22-16-9-8-14-15(21-16)7-4-10-20-14/h4,7-10,13H,5-6,11-12H2,1-3H3,(H,21,22,24). The van der Waals surface area contributed by atoms with E-state index < -0.39 is 5.60 Å². The van der Waals surface area contributed by atoms with E-state index in [0.717, 1.165) is 23.9 Å². The van der Waals surface area contributed by atoms with Crippen molar-refractivity contribution in [2.45, 2.75) is 39.2 Å². The third kappa shape index (κ3) is 4.47. The van der Waals surface area contributed by atoms with E-state index >= 15 is 0 Å². The molecule has 1 saturated heterocycles. The summed E-state index contributed by atoms with van der Waals surface area (Å²) >= 11 is 0.